The van der Waals surface area contributed by atoms with Crippen LogP contribution in [0.4, 0.5) is 0 Å². The molecular weight excluding hydrogens is 661 g/mol. The lowest BCUT2D eigenvalue weighted by Gasteiger charge is -2.30. The Morgan fingerprint density at radius 2 is 0.833 bits per heavy atom. The molecule has 0 aromatic heterocycles. The van der Waals surface area contributed by atoms with Crippen LogP contribution in [0.25, 0.3) is 0 Å². The highest BCUT2D eigenvalue weighted by atomic mass is 16.3. The van der Waals surface area contributed by atoms with Crippen LogP contribution in [0, 0.1) is 11.8 Å². The van der Waals surface area contributed by atoms with E-state index in [2.05, 4.69) is 41.5 Å². The van der Waals surface area contributed by atoms with E-state index in [0.29, 0.717) is 29.5 Å². The lowest BCUT2D eigenvalue weighted by atomic mass is 9.73. The number of hydrogen-bond donors (Lipinski definition) is 1. The molecule has 1 N–H and O–H groups in total. The number of carbonyl (C=O) groups is 2. The first-order valence-electron chi connectivity index (χ1n) is 23.0. The molecule has 0 bridgehead atoms. The van der Waals surface area contributed by atoms with Gasteiger partial charge in [-0.25, -0.2) is 0 Å². The molecule has 0 fully saturated rings. The predicted molar refractivity (Wildman–Crippen MR) is 234 cm³/mol. The molecule has 54 heavy (non-hydrogen) atoms. The van der Waals surface area contributed by atoms with E-state index >= 15 is 0 Å². The lowest BCUT2D eigenvalue weighted by molar-refractivity contribution is 0.0944. The predicted octanol–water partition coefficient (Wildman–Crippen LogP) is 16.3. The second-order valence-corrected chi connectivity index (χ2v) is 18.1. The number of rotatable bonds is 34. The average Bonchev–Trinajstić information content (AvgIpc) is 3.14. The maximum atomic E-state index is 14.1. The van der Waals surface area contributed by atoms with Crippen molar-refractivity contribution >= 4 is 11.6 Å². The fourth-order valence-electron chi connectivity index (χ4n) is 8.22. The summed E-state index contributed by atoms with van der Waals surface area (Å²) < 4.78 is 0. The maximum absolute atomic E-state index is 14.1. The fourth-order valence-corrected chi connectivity index (χ4v) is 8.22. The van der Waals surface area contributed by atoms with Crippen molar-refractivity contribution < 1.29 is 14.7 Å². The number of phenolic OH excluding ortho intramolecular Hbond substituents is 1. The van der Waals surface area contributed by atoms with E-state index in [-0.39, 0.29) is 17.3 Å². The first-order chi connectivity index (χ1) is 26.1. The molecule has 0 spiro atoms. The van der Waals surface area contributed by atoms with E-state index in [9.17, 15) is 14.7 Å². The van der Waals surface area contributed by atoms with Gasteiger partial charge in [-0.3, -0.25) is 9.59 Å². The molecule has 0 saturated heterocycles. The molecule has 2 rings (SSSR count). The summed E-state index contributed by atoms with van der Waals surface area (Å²) in [6.07, 6.45) is 33.8. The van der Waals surface area contributed by atoms with Crippen LogP contribution in [-0.2, 0) is 5.41 Å². The van der Waals surface area contributed by atoms with Crippen molar-refractivity contribution in [1.29, 1.82) is 0 Å². The Morgan fingerprint density at radius 1 is 0.481 bits per heavy atom. The van der Waals surface area contributed by atoms with Gasteiger partial charge in [0.05, 0.1) is 0 Å². The molecular formula is C51H84O3. The Labute approximate surface area is 334 Å². The summed E-state index contributed by atoms with van der Waals surface area (Å²) in [6, 6.07) is 13.4. The largest absolute Gasteiger partial charge is 0.508 e. The third-order valence-electron chi connectivity index (χ3n) is 11.8. The molecule has 0 atom stereocenters. The van der Waals surface area contributed by atoms with Crippen molar-refractivity contribution in [2.75, 3.05) is 0 Å². The number of aromatic hydroxyl groups is 1. The normalized spacial score (nSPS) is 11.9. The van der Waals surface area contributed by atoms with Gasteiger partial charge >= 0.3 is 0 Å². The second kappa shape index (κ2) is 28.9. The number of ketones is 2. The van der Waals surface area contributed by atoms with Gasteiger partial charge in [0.1, 0.15) is 5.75 Å². The van der Waals surface area contributed by atoms with Crippen molar-refractivity contribution in [2.45, 2.75) is 227 Å². The summed E-state index contributed by atoms with van der Waals surface area (Å²) in [6.45, 7) is 13.4. The molecule has 0 aliphatic carbocycles. The van der Waals surface area contributed by atoms with E-state index in [1.807, 2.05) is 30.3 Å². The number of phenols is 1. The Bertz CT molecular complexity index is 1260. The summed E-state index contributed by atoms with van der Waals surface area (Å²) in [5, 5.41) is 11.3. The molecule has 306 valence electrons. The fraction of sp³-hybridized carbons (Fsp3) is 0.725. The summed E-state index contributed by atoms with van der Waals surface area (Å²) in [7, 11) is 0. The highest BCUT2D eigenvalue weighted by Gasteiger charge is 2.33. The van der Waals surface area contributed by atoms with Gasteiger partial charge in [-0.1, -0.05) is 226 Å². The van der Waals surface area contributed by atoms with Crippen LogP contribution < -0.4 is 0 Å². The molecule has 0 aliphatic heterocycles. The molecule has 2 aromatic carbocycles. The Balaban J connectivity index is 1.84. The first-order valence-corrected chi connectivity index (χ1v) is 23.0. The molecule has 0 amide bonds. The number of Topliss-reactive ketones (excluding diaryl/α,β-unsaturated/α-hetero) is 2. The minimum absolute atomic E-state index is 0.00258. The zero-order valence-corrected chi connectivity index (χ0v) is 36.3. The second-order valence-electron chi connectivity index (χ2n) is 18.1. The molecule has 0 unspecified atom stereocenters. The van der Waals surface area contributed by atoms with Gasteiger partial charge < -0.3 is 5.11 Å². The Hall–Kier alpha value is -2.42. The van der Waals surface area contributed by atoms with Crippen molar-refractivity contribution in [3.63, 3.8) is 0 Å². The summed E-state index contributed by atoms with van der Waals surface area (Å²) in [5.74, 6) is 1.80. The van der Waals surface area contributed by atoms with Gasteiger partial charge in [-0.05, 0) is 42.4 Å². The van der Waals surface area contributed by atoms with Crippen LogP contribution in [0.2, 0.25) is 0 Å². The van der Waals surface area contributed by atoms with E-state index in [4.69, 9.17) is 0 Å². The van der Waals surface area contributed by atoms with E-state index in [0.717, 1.165) is 55.9 Å². The monoisotopic (exact) mass is 745 g/mol. The van der Waals surface area contributed by atoms with Gasteiger partial charge in [-0.2, -0.15) is 0 Å². The van der Waals surface area contributed by atoms with Crippen LogP contribution in [0.5, 0.6) is 5.75 Å². The average molecular weight is 745 g/mol. The summed E-state index contributed by atoms with van der Waals surface area (Å²) in [4.78, 5) is 27.9. The molecule has 0 aliphatic rings. The SMILES string of the molecule is CC(C)CCCCCCCCCCCCCCC(=O)c1ccc(O)c(C(C)(C)c2ccccc2)c1C(=O)CCCCCCCCCCCCCCC(C)C. The van der Waals surface area contributed by atoms with Crippen molar-refractivity contribution in [3.05, 3.63) is 64.7 Å². The third-order valence-corrected chi connectivity index (χ3v) is 11.8. The minimum Gasteiger partial charge on any atom is -0.508 e. The van der Waals surface area contributed by atoms with Gasteiger partial charge in [0.15, 0.2) is 11.6 Å². The van der Waals surface area contributed by atoms with Gasteiger partial charge in [0.2, 0.25) is 0 Å². The molecule has 3 nitrogen and oxygen atoms in total. The van der Waals surface area contributed by atoms with Gasteiger partial charge in [0.25, 0.3) is 0 Å². The van der Waals surface area contributed by atoms with E-state index < -0.39 is 5.41 Å². The standard InChI is InChI=1S/C51H84O3/c1-42(2)34-28-23-19-15-11-7-9-13-17-21-25-32-38-46(52)45-40-41-48(54)50(51(5,6)44-36-30-27-31-37-44)49(45)47(53)39-33-26-22-18-14-10-8-12-16-20-24-29-35-43(3)4/h27,30-31,36-37,40-43,54H,7-26,28-29,32-35,38-39H2,1-6H3. The number of hydrogen-bond acceptors (Lipinski definition) is 3. The van der Waals surface area contributed by atoms with Crippen molar-refractivity contribution in [1.82, 2.24) is 0 Å². The molecule has 0 saturated carbocycles. The maximum Gasteiger partial charge on any atom is 0.164 e. The highest BCUT2D eigenvalue weighted by molar-refractivity contribution is 6.10. The Morgan fingerprint density at radius 3 is 1.22 bits per heavy atom. The van der Waals surface area contributed by atoms with Crippen molar-refractivity contribution in [2.24, 2.45) is 11.8 Å². The van der Waals surface area contributed by atoms with Gasteiger partial charge in [-0.15, -0.1) is 0 Å². The van der Waals surface area contributed by atoms with E-state index in [1.165, 1.54) is 128 Å². The number of benzene rings is 2. The zero-order chi connectivity index (χ0) is 39.4. The van der Waals surface area contributed by atoms with Gasteiger partial charge in [0, 0.05) is 34.9 Å². The van der Waals surface area contributed by atoms with Crippen LogP contribution in [0.1, 0.15) is 253 Å². The molecule has 2 aromatic rings. The zero-order valence-electron chi connectivity index (χ0n) is 36.3. The topological polar surface area (TPSA) is 54.4 Å². The van der Waals surface area contributed by atoms with Crippen LogP contribution in [0.15, 0.2) is 42.5 Å². The quantitative estimate of drug-likeness (QED) is 0.0573. The Kier molecular flexibility index (Phi) is 25.6. The molecule has 3 heteroatoms. The number of carbonyl (C=O) groups excluding carboxylic acids is 2. The summed E-state index contributed by atoms with van der Waals surface area (Å²) >= 11 is 0. The minimum atomic E-state index is -0.630. The van der Waals surface area contributed by atoms with Crippen molar-refractivity contribution in [3.8, 4) is 5.75 Å². The molecule has 0 heterocycles. The number of unbranched alkanes of at least 4 members (excludes halogenated alkanes) is 22. The molecule has 0 radical (unpaired) electrons. The summed E-state index contributed by atoms with van der Waals surface area (Å²) in [5.41, 5.74) is 1.94. The first kappa shape index (κ1) is 47.7. The smallest absolute Gasteiger partial charge is 0.164 e. The van der Waals surface area contributed by atoms with Crippen LogP contribution in [0.3, 0.4) is 0 Å². The van der Waals surface area contributed by atoms with Crippen LogP contribution in [-0.4, -0.2) is 16.7 Å². The van der Waals surface area contributed by atoms with Crippen LogP contribution >= 0.6 is 0 Å². The highest BCUT2D eigenvalue weighted by Crippen LogP contribution is 2.41. The third kappa shape index (κ3) is 20.0. The lowest BCUT2D eigenvalue weighted by Crippen LogP contribution is -2.25. The van der Waals surface area contributed by atoms with E-state index in [1.54, 1.807) is 12.1 Å².